The summed E-state index contributed by atoms with van der Waals surface area (Å²) in [5.41, 5.74) is 3.70. The first-order valence-corrected chi connectivity index (χ1v) is 4.27. The molecule has 0 unspecified atom stereocenters. The minimum absolute atomic E-state index is 0.289. The van der Waals surface area contributed by atoms with E-state index in [1.165, 1.54) is 0 Å². The van der Waals surface area contributed by atoms with E-state index in [9.17, 15) is 9.90 Å². The number of carboxylic acids is 1. The van der Waals surface area contributed by atoms with Crippen LogP contribution in [0.25, 0.3) is 0 Å². The quantitative estimate of drug-likeness (QED) is 0.763. The summed E-state index contributed by atoms with van der Waals surface area (Å²) in [6.45, 7) is 0. The van der Waals surface area contributed by atoms with E-state index < -0.39 is 12.0 Å². The van der Waals surface area contributed by atoms with Crippen molar-refractivity contribution < 1.29 is 15.6 Å². The smallest absolute Gasteiger partial charge is 0.153 e. The number of carbonyl (C=O) groups excluding carboxylic acids is 1. The van der Waals surface area contributed by atoms with Crippen molar-refractivity contribution in [2.45, 2.75) is 6.04 Å². The summed E-state index contributed by atoms with van der Waals surface area (Å²) in [6.07, 6.45) is 0. The molecule has 1 aromatic rings. The third kappa shape index (κ3) is 2.12. The molecule has 0 aliphatic rings. The maximum atomic E-state index is 10.5. The van der Waals surface area contributed by atoms with Crippen molar-refractivity contribution in [2.24, 2.45) is 0 Å². The Morgan fingerprint density at radius 2 is 1.85 bits per heavy atom. The van der Waals surface area contributed by atoms with Gasteiger partial charge in [0.1, 0.15) is 5.97 Å². The summed E-state index contributed by atoms with van der Waals surface area (Å²) < 4.78 is 0. The van der Waals surface area contributed by atoms with Crippen LogP contribution in [0.2, 0.25) is 10.0 Å². The number of aliphatic carboxylic acids is 1. The van der Waals surface area contributed by atoms with Gasteiger partial charge in [0.2, 0.25) is 0 Å². The van der Waals surface area contributed by atoms with Crippen LogP contribution >= 0.6 is 23.2 Å². The molecule has 13 heavy (non-hydrogen) atoms. The molecule has 70 valence electrons. The minimum Gasteiger partial charge on any atom is -0.544 e. The SMILES string of the molecule is [NH3+][C@H](C(=O)[O-])c1c(Cl)cccc1Cl. The second kappa shape index (κ2) is 3.96. The molecule has 0 saturated heterocycles. The van der Waals surface area contributed by atoms with Gasteiger partial charge in [0, 0.05) is 0 Å². The van der Waals surface area contributed by atoms with Gasteiger partial charge in [0.25, 0.3) is 0 Å². The Morgan fingerprint density at radius 1 is 1.38 bits per heavy atom. The first-order valence-electron chi connectivity index (χ1n) is 3.52. The molecule has 0 spiro atoms. The summed E-state index contributed by atoms with van der Waals surface area (Å²) in [7, 11) is 0. The van der Waals surface area contributed by atoms with Crippen LogP contribution in [-0.4, -0.2) is 5.97 Å². The van der Waals surface area contributed by atoms with Gasteiger partial charge in [0.05, 0.1) is 15.6 Å². The number of rotatable bonds is 2. The van der Waals surface area contributed by atoms with Crippen molar-refractivity contribution in [3.05, 3.63) is 33.8 Å². The molecule has 0 amide bonds. The van der Waals surface area contributed by atoms with E-state index in [0.29, 0.717) is 5.56 Å². The van der Waals surface area contributed by atoms with Crippen molar-refractivity contribution >= 4 is 29.2 Å². The minimum atomic E-state index is -1.30. The molecule has 0 fully saturated rings. The van der Waals surface area contributed by atoms with Crippen molar-refractivity contribution in [1.29, 1.82) is 0 Å². The molecule has 0 aliphatic heterocycles. The Balaban J connectivity index is 3.20. The average Bonchev–Trinajstić information content (AvgIpc) is 2.03. The van der Waals surface area contributed by atoms with Crippen LogP contribution in [0.5, 0.6) is 0 Å². The molecule has 0 radical (unpaired) electrons. The normalized spacial score (nSPS) is 12.5. The molecular formula is C8H7Cl2NO2. The maximum Gasteiger partial charge on any atom is 0.153 e. The number of hydrogen-bond donors (Lipinski definition) is 1. The van der Waals surface area contributed by atoms with Crippen LogP contribution in [0.15, 0.2) is 18.2 Å². The number of benzene rings is 1. The van der Waals surface area contributed by atoms with Gasteiger partial charge in [0.15, 0.2) is 6.04 Å². The Bertz CT molecular complexity index is 321. The van der Waals surface area contributed by atoms with Crippen LogP contribution in [0, 0.1) is 0 Å². The van der Waals surface area contributed by atoms with Crippen molar-refractivity contribution in [3.8, 4) is 0 Å². The number of quaternary nitrogens is 1. The summed E-state index contributed by atoms with van der Waals surface area (Å²) in [5, 5.41) is 11.1. The third-order valence-corrected chi connectivity index (χ3v) is 2.29. The van der Waals surface area contributed by atoms with Gasteiger partial charge in [-0.05, 0) is 12.1 Å². The lowest BCUT2D eigenvalue weighted by Gasteiger charge is -2.12. The molecule has 3 N–H and O–H groups in total. The van der Waals surface area contributed by atoms with Gasteiger partial charge in [-0.1, -0.05) is 29.3 Å². The summed E-state index contributed by atoms with van der Waals surface area (Å²) in [6, 6.07) is 3.71. The van der Waals surface area contributed by atoms with Gasteiger partial charge in [-0.15, -0.1) is 0 Å². The van der Waals surface area contributed by atoms with Gasteiger partial charge in [-0.3, -0.25) is 0 Å². The molecule has 5 heteroatoms. The largest absolute Gasteiger partial charge is 0.544 e. The molecule has 0 aliphatic carbocycles. The molecule has 0 saturated carbocycles. The Labute approximate surface area is 85.1 Å². The monoisotopic (exact) mass is 219 g/mol. The fourth-order valence-corrected chi connectivity index (χ4v) is 1.62. The van der Waals surface area contributed by atoms with Gasteiger partial charge < -0.3 is 15.6 Å². The molecule has 0 aromatic heterocycles. The maximum absolute atomic E-state index is 10.5. The van der Waals surface area contributed by atoms with Crippen LogP contribution in [-0.2, 0) is 4.79 Å². The molecule has 1 rings (SSSR count). The van der Waals surface area contributed by atoms with E-state index in [4.69, 9.17) is 23.2 Å². The second-order valence-corrected chi connectivity index (χ2v) is 3.32. The fraction of sp³-hybridized carbons (Fsp3) is 0.125. The van der Waals surface area contributed by atoms with Gasteiger partial charge >= 0.3 is 0 Å². The molecule has 0 bridgehead atoms. The number of hydrogen-bond acceptors (Lipinski definition) is 2. The van der Waals surface area contributed by atoms with E-state index in [0.717, 1.165) is 0 Å². The number of carbonyl (C=O) groups is 1. The zero-order valence-electron chi connectivity index (χ0n) is 6.59. The highest BCUT2D eigenvalue weighted by Crippen LogP contribution is 2.27. The topological polar surface area (TPSA) is 67.8 Å². The van der Waals surface area contributed by atoms with Crippen LogP contribution in [0.3, 0.4) is 0 Å². The summed E-state index contributed by atoms with van der Waals surface area (Å²) in [5.74, 6) is -1.30. The molecule has 1 atom stereocenters. The molecular weight excluding hydrogens is 213 g/mol. The lowest BCUT2D eigenvalue weighted by molar-refractivity contribution is -0.443. The Hall–Kier alpha value is -0.770. The van der Waals surface area contributed by atoms with Crippen LogP contribution < -0.4 is 10.8 Å². The first kappa shape index (κ1) is 10.3. The van der Waals surface area contributed by atoms with Crippen molar-refractivity contribution in [1.82, 2.24) is 0 Å². The predicted octanol–water partition coefficient (Wildman–Crippen LogP) is 0.0263. The zero-order valence-corrected chi connectivity index (χ0v) is 8.10. The van der Waals surface area contributed by atoms with Gasteiger partial charge in [-0.25, -0.2) is 0 Å². The highest BCUT2D eigenvalue weighted by Gasteiger charge is 2.17. The average molecular weight is 220 g/mol. The Kier molecular flexibility index (Phi) is 3.14. The van der Waals surface area contributed by atoms with Crippen molar-refractivity contribution in [2.75, 3.05) is 0 Å². The fourth-order valence-electron chi connectivity index (χ4n) is 0.961. The van der Waals surface area contributed by atoms with Crippen molar-refractivity contribution in [3.63, 3.8) is 0 Å². The highest BCUT2D eigenvalue weighted by atomic mass is 35.5. The standard InChI is InChI=1S/C8H7Cl2NO2/c9-4-2-1-3-5(10)6(4)7(11)8(12)13/h1-3,7H,11H2,(H,12,13)/t7-/m0/s1. The van der Waals surface area contributed by atoms with E-state index in [2.05, 4.69) is 5.73 Å². The zero-order chi connectivity index (χ0) is 10.0. The van der Waals surface area contributed by atoms with Crippen LogP contribution in [0.4, 0.5) is 0 Å². The number of carboxylic acid groups (broad SMARTS) is 1. The lowest BCUT2D eigenvalue weighted by atomic mass is 10.1. The summed E-state index contributed by atoms with van der Waals surface area (Å²) >= 11 is 11.5. The molecule has 0 heterocycles. The van der Waals surface area contributed by atoms with Gasteiger partial charge in [-0.2, -0.15) is 0 Å². The van der Waals surface area contributed by atoms with Crippen LogP contribution in [0.1, 0.15) is 11.6 Å². The summed E-state index contributed by atoms with van der Waals surface area (Å²) in [4.78, 5) is 10.5. The predicted molar refractivity (Wildman–Crippen MR) is 47.1 cm³/mol. The highest BCUT2D eigenvalue weighted by molar-refractivity contribution is 6.36. The second-order valence-electron chi connectivity index (χ2n) is 2.51. The molecule has 3 nitrogen and oxygen atoms in total. The number of halogens is 2. The lowest BCUT2D eigenvalue weighted by Crippen LogP contribution is -2.61. The van der Waals surface area contributed by atoms with E-state index in [1.54, 1.807) is 18.2 Å². The van der Waals surface area contributed by atoms with E-state index in [-0.39, 0.29) is 10.0 Å². The Morgan fingerprint density at radius 3 is 2.23 bits per heavy atom. The first-order chi connectivity index (χ1) is 6.04. The van der Waals surface area contributed by atoms with E-state index >= 15 is 0 Å². The van der Waals surface area contributed by atoms with E-state index in [1.807, 2.05) is 0 Å². The molecule has 1 aromatic carbocycles. The third-order valence-electron chi connectivity index (χ3n) is 1.63.